The van der Waals surface area contributed by atoms with E-state index >= 15 is 0 Å². The van der Waals surface area contributed by atoms with Crippen LogP contribution in [0.15, 0.2) is 59.9 Å². The van der Waals surface area contributed by atoms with Crippen LogP contribution >= 0.6 is 0 Å². The van der Waals surface area contributed by atoms with Crippen molar-refractivity contribution in [1.29, 1.82) is 0 Å². The van der Waals surface area contributed by atoms with Gasteiger partial charge < -0.3 is 10.3 Å². The standard InChI is InChI=1S/C22H20N6O3/c1-13-6-4-9-21(24-13)28-20-11-15(18-8-5-7-17(25-18)14(2)26-31)10-19(16(20)12-23-28)27(3)22(29)30/h4-12,31H,1-3H3,(H,29,30)/b26-14+. The molecule has 0 fully saturated rings. The fraction of sp³-hybridized carbons (Fsp3) is 0.136. The number of amides is 1. The van der Waals surface area contributed by atoms with Crippen molar-refractivity contribution in [2.75, 3.05) is 11.9 Å². The largest absolute Gasteiger partial charge is 0.465 e. The number of carbonyl (C=O) groups is 1. The zero-order chi connectivity index (χ0) is 22.1. The molecule has 2 N–H and O–H groups in total. The van der Waals surface area contributed by atoms with Gasteiger partial charge in [-0.3, -0.25) is 4.90 Å². The number of hydrogen-bond acceptors (Lipinski definition) is 6. The molecular weight excluding hydrogens is 396 g/mol. The van der Waals surface area contributed by atoms with Crippen molar-refractivity contribution in [1.82, 2.24) is 19.7 Å². The Balaban J connectivity index is 1.98. The second-order valence-corrected chi connectivity index (χ2v) is 7.06. The average Bonchev–Trinajstić information content (AvgIpc) is 3.21. The molecule has 0 spiro atoms. The van der Waals surface area contributed by atoms with Gasteiger partial charge in [-0.05, 0) is 50.2 Å². The molecule has 0 saturated carbocycles. The Hall–Kier alpha value is -4.27. The van der Waals surface area contributed by atoms with E-state index in [-0.39, 0.29) is 0 Å². The van der Waals surface area contributed by atoms with Gasteiger partial charge in [0, 0.05) is 23.7 Å². The molecule has 3 aromatic heterocycles. The van der Waals surface area contributed by atoms with Crippen molar-refractivity contribution in [2.45, 2.75) is 13.8 Å². The molecule has 31 heavy (non-hydrogen) atoms. The molecule has 0 saturated heterocycles. The average molecular weight is 416 g/mol. The topological polar surface area (TPSA) is 117 Å². The van der Waals surface area contributed by atoms with Crippen molar-refractivity contribution < 1.29 is 15.1 Å². The lowest BCUT2D eigenvalue weighted by atomic mass is 10.1. The number of aromatic nitrogens is 4. The van der Waals surface area contributed by atoms with E-state index < -0.39 is 6.09 Å². The van der Waals surface area contributed by atoms with E-state index in [1.54, 1.807) is 36.0 Å². The van der Waals surface area contributed by atoms with Crippen LogP contribution in [0.3, 0.4) is 0 Å². The fourth-order valence-corrected chi connectivity index (χ4v) is 3.31. The summed E-state index contributed by atoms with van der Waals surface area (Å²) < 4.78 is 1.68. The molecule has 156 valence electrons. The molecule has 1 aromatic carbocycles. The molecule has 0 unspecified atom stereocenters. The summed E-state index contributed by atoms with van der Waals surface area (Å²) in [5.74, 6) is 0.626. The smallest absolute Gasteiger partial charge is 0.411 e. The first kappa shape index (κ1) is 20.0. The second-order valence-electron chi connectivity index (χ2n) is 7.06. The molecule has 0 aliphatic heterocycles. The van der Waals surface area contributed by atoms with E-state index in [0.717, 1.165) is 10.6 Å². The van der Waals surface area contributed by atoms with Crippen LogP contribution < -0.4 is 4.90 Å². The molecular formula is C22H20N6O3. The van der Waals surface area contributed by atoms with E-state index in [2.05, 4.69) is 20.2 Å². The molecule has 0 aliphatic rings. The number of pyridine rings is 2. The van der Waals surface area contributed by atoms with E-state index in [4.69, 9.17) is 5.21 Å². The zero-order valence-electron chi connectivity index (χ0n) is 17.2. The van der Waals surface area contributed by atoms with Gasteiger partial charge in [0.15, 0.2) is 5.82 Å². The number of oxime groups is 1. The van der Waals surface area contributed by atoms with Crippen molar-refractivity contribution in [3.63, 3.8) is 0 Å². The molecule has 3 heterocycles. The molecule has 0 atom stereocenters. The van der Waals surface area contributed by atoms with Crippen molar-refractivity contribution in [3.05, 3.63) is 66.1 Å². The third-order valence-corrected chi connectivity index (χ3v) is 4.97. The number of nitrogens with zero attached hydrogens (tertiary/aromatic N) is 6. The Kier molecular flexibility index (Phi) is 5.08. The van der Waals surface area contributed by atoms with Crippen LogP contribution in [0.4, 0.5) is 10.5 Å². The number of aryl methyl sites for hydroxylation is 1. The van der Waals surface area contributed by atoms with Gasteiger partial charge in [-0.25, -0.2) is 19.4 Å². The maximum atomic E-state index is 11.7. The van der Waals surface area contributed by atoms with Gasteiger partial charge in [0.05, 0.1) is 28.8 Å². The zero-order valence-corrected chi connectivity index (χ0v) is 17.2. The summed E-state index contributed by atoms with van der Waals surface area (Å²) in [4.78, 5) is 22.0. The van der Waals surface area contributed by atoms with Crippen molar-refractivity contribution in [3.8, 4) is 17.1 Å². The SMILES string of the molecule is C/C(=N\O)c1cccc(-c2cc(N(C)C(=O)O)c3cnn(-c4cccc(C)n4)c3c2)n1. The molecule has 9 heteroatoms. The first-order valence-corrected chi connectivity index (χ1v) is 9.48. The molecule has 0 bridgehead atoms. The number of hydrogen-bond donors (Lipinski definition) is 2. The lowest BCUT2D eigenvalue weighted by Gasteiger charge is -2.16. The monoisotopic (exact) mass is 416 g/mol. The second kappa shape index (κ2) is 7.86. The normalized spacial score (nSPS) is 11.6. The molecule has 4 aromatic rings. The summed E-state index contributed by atoms with van der Waals surface area (Å²) in [5, 5.41) is 27.0. The number of fused-ring (bicyclic) bond motifs is 1. The Bertz CT molecular complexity index is 1330. The van der Waals surface area contributed by atoms with Crippen LogP contribution in [0.1, 0.15) is 18.3 Å². The quantitative estimate of drug-likeness (QED) is 0.294. The predicted octanol–water partition coefficient (Wildman–Crippen LogP) is 4.10. The van der Waals surface area contributed by atoms with Crippen LogP contribution in [0.5, 0.6) is 0 Å². The van der Waals surface area contributed by atoms with Crippen LogP contribution in [0, 0.1) is 6.92 Å². The van der Waals surface area contributed by atoms with E-state index in [1.165, 1.54) is 7.05 Å². The van der Waals surface area contributed by atoms with Gasteiger partial charge >= 0.3 is 6.09 Å². The maximum Gasteiger partial charge on any atom is 0.411 e. The highest BCUT2D eigenvalue weighted by Gasteiger charge is 2.19. The molecule has 0 radical (unpaired) electrons. The van der Waals surface area contributed by atoms with Gasteiger partial charge in [-0.15, -0.1) is 0 Å². The summed E-state index contributed by atoms with van der Waals surface area (Å²) in [7, 11) is 1.48. The third kappa shape index (κ3) is 3.68. The minimum Gasteiger partial charge on any atom is -0.465 e. The van der Waals surface area contributed by atoms with E-state index in [1.807, 2.05) is 37.3 Å². The van der Waals surface area contributed by atoms with E-state index in [0.29, 0.717) is 45.1 Å². The molecule has 0 aliphatic carbocycles. The summed E-state index contributed by atoms with van der Waals surface area (Å²) in [6.07, 6.45) is 0.537. The van der Waals surface area contributed by atoms with E-state index in [9.17, 15) is 9.90 Å². The summed E-state index contributed by atoms with van der Waals surface area (Å²) >= 11 is 0. The fourth-order valence-electron chi connectivity index (χ4n) is 3.31. The van der Waals surface area contributed by atoms with Crippen molar-refractivity contribution in [2.24, 2.45) is 5.16 Å². The van der Waals surface area contributed by atoms with Crippen LogP contribution in [0.2, 0.25) is 0 Å². The Morgan fingerprint density at radius 1 is 1.13 bits per heavy atom. The first-order valence-electron chi connectivity index (χ1n) is 9.48. The first-order chi connectivity index (χ1) is 14.9. The molecule has 4 rings (SSSR count). The third-order valence-electron chi connectivity index (χ3n) is 4.97. The number of anilines is 1. The highest BCUT2D eigenvalue weighted by atomic mass is 16.4. The van der Waals surface area contributed by atoms with Gasteiger partial charge in [0.2, 0.25) is 0 Å². The predicted molar refractivity (Wildman–Crippen MR) is 117 cm³/mol. The van der Waals surface area contributed by atoms with Gasteiger partial charge in [0.25, 0.3) is 0 Å². The lowest BCUT2D eigenvalue weighted by molar-refractivity contribution is 0.203. The lowest BCUT2D eigenvalue weighted by Crippen LogP contribution is -2.24. The van der Waals surface area contributed by atoms with Gasteiger partial charge in [0.1, 0.15) is 5.71 Å². The number of carboxylic acid groups (broad SMARTS) is 1. The summed E-state index contributed by atoms with van der Waals surface area (Å²) in [6.45, 7) is 3.54. The van der Waals surface area contributed by atoms with Crippen LogP contribution in [-0.2, 0) is 0 Å². The summed E-state index contributed by atoms with van der Waals surface area (Å²) in [6, 6.07) is 14.6. The Morgan fingerprint density at radius 2 is 1.90 bits per heavy atom. The Morgan fingerprint density at radius 3 is 2.61 bits per heavy atom. The van der Waals surface area contributed by atoms with Crippen LogP contribution in [-0.4, -0.2) is 48.9 Å². The highest BCUT2D eigenvalue weighted by molar-refractivity contribution is 6.02. The maximum absolute atomic E-state index is 11.7. The highest BCUT2D eigenvalue weighted by Crippen LogP contribution is 2.33. The molecule has 1 amide bonds. The number of benzene rings is 1. The minimum absolute atomic E-state index is 0.375. The Labute approximate surface area is 177 Å². The minimum atomic E-state index is -1.09. The van der Waals surface area contributed by atoms with Crippen LogP contribution in [0.25, 0.3) is 28.0 Å². The number of rotatable bonds is 4. The van der Waals surface area contributed by atoms with Gasteiger partial charge in [-0.2, -0.15) is 5.10 Å². The molecule has 9 nitrogen and oxygen atoms in total. The summed E-state index contributed by atoms with van der Waals surface area (Å²) in [5.41, 5.74) is 4.19. The van der Waals surface area contributed by atoms with Gasteiger partial charge in [-0.1, -0.05) is 17.3 Å². The van der Waals surface area contributed by atoms with Crippen molar-refractivity contribution >= 4 is 28.4 Å².